The topological polar surface area (TPSA) is 50.4 Å². The Hall–Kier alpha value is -2.38. The molecule has 2 unspecified atom stereocenters. The number of benzene rings is 2. The Labute approximate surface area is 161 Å². The summed E-state index contributed by atoms with van der Waals surface area (Å²) in [6.45, 7) is 2.39. The number of amides is 1. The zero-order valence-electron chi connectivity index (χ0n) is 15.4. The second-order valence-electron chi connectivity index (χ2n) is 7.66. The Kier molecular flexibility index (Phi) is 4.89. The fraction of sp³-hybridized carbons (Fsp3) is 0.381. The van der Waals surface area contributed by atoms with Crippen molar-refractivity contribution in [2.45, 2.75) is 37.4 Å². The molecule has 1 amide bonds. The zero-order chi connectivity index (χ0) is 19.9. The molecule has 0 saturated carbocycles. The number of hydrogen-bond acceptors (Lipinski definition) is 3. The van der Waals surface area contributed by atoms with E-state index in [0.29, 0.717) is 25.0 Å². The van der Waals surface area contributed by atoms with Crippen LogP contribution in [0.4, 0.5) is 13.2 Å². The van der Waals surface area contributed by atoms with Gasteiger partial charge in [0.15, 0.2) is 0 Å². The molecule has 2 aliphatic rings. The Morgan fingerprint density at radius 2 is 1.93 bits per heavy atom. The molecule has 4 nitrogen and oxygen atoms in total. The number of halogens is 3. The average Bonchev–Trinajstić information content (AvgIpc) is 2.90. The molecule has 2 N–H and O–H groups in total. The van der Waals surface area contributed by atoms with Gasteiger partial charge in [-0.25, -0.2) is 13.2 Å². The van der Waals surface area contributed by atoms with Crippen LogP contribution in [-0.4, -0.2) is 36.7 Å². The first kappa shape index (κ1) is 19.0. The van der Waals surface area contributed by atoms with E-state index in [-0.39, 0.29) is 35.7 Å². The van der Waals surface area contributed by atoms with Gasteiger partial charge in [-0.2, -0.15) is 0 Å². The fourth-order valence-electron chi connectivity index (χ4n) is 4.37. The molecule has 3 atom stereocenters. The Balaban J connectivity index is 1.66. The lowest BCUT2D eigenvalue weighted by atomic mass is 9.85. The monoisotopic (exact) mass is 390 g/mol. The van der Waals surface area contributed by atoms with Crippen molar-refractivity contribution in [3.63, 3.8) is 0 Å². The van der Waals surface area contributed by atoms with Crippen molar-refractivity contribution in [2.75, 3.05) is 13.2 Å². The highest BCUT2D eigenvalue weighted by Crippen LogP contribution is 2.33. The molecule has 2 saturated heterocycles. The van der Waals surface area contributed by atoms with E-state index >= 15 is 4.39 Å². The predicted octanol–water partition coefficient (Wildman–Crippen LogP) is 2.95. The molecule has 4 rings (SSSR count). The summed E-state index contributed by atoms with van der Waals surface area (Å²) in [5.41, 5.74) is 0.101. The normalized spacial score (nSPS) is 27.2. The first-order valence-corrected chi connectivity index (χ1v) is 9.25. The number of rotatable bonds is 3. The highest BCUT2D eigenvalue weighted by molar-refractivity contribution is 5.79. The Morgan fingerprint density at radius 1 is 1.18 bits per heavy atom. The molecule has 0 radical (unpaired) electrons. The number of carbonyl (C=O) groups excluding carboxylic acids is 1. The molecule has 148 valence electrons. The van der Waals surface area contributed by atoms with Crippen LogP contribution in [0, 0.1) is 17.5 Å². The van der Waals surface area contributed by atoms with E-state index in [1.54, 1.807) is 12.1 Å². The van der Waals surface area contributed by atoms with Crippen molar-refractivity contribution in [3.05, 3.63) is 59.4 Å². The van der Waals surface area contributed by atoms with E-state index in [0.717, 1.165) is 18.2 Å². The summed E-state index contributed by atoms with van der Waals surface area (Å²) < 4.78 is 47.8. The summed E-state index contributed by atoms with van der Waals surface area (Å²) in [6.07, 6.45) is 0.991. The molecule has 2 aromatic rings. The molecule has 0 bridgehead atoms. The van der Waals surface area contributed by atoms with Crippen molar-refractivity contribution < 1.29 is 22.7 Å². The Bertz CT molecular complexity index is 900. The van der Waals surface area contributed by atoms with E-state index in [1.807, 2.05) is 6.92 Å². The summed E-state index contributed by atoms with van der Waals surface area (Å²) in [5.74, 6) is -2.22. The zero-order valence-corrected chi connectivity index (χ0v) is 15.4. The van der Waals surface area contributed by atoms with Gasteiger partial charge in [-0.1, -0.05) is 18.2 Å². The van der Waals surface area contributed by atoms with E-state index in [4.69, 9.17) is 4.74 Å². The number of hydrogen-bond donors (Lipinski definition) is 2. The molecule has 0 aromatic heterocycles. The molecule has 2 fully saturated rings. The highest BCUT2D eigenvalue weighted by atomic mass is 19.1. The molecular weight excluding hydrogens is 369 g/mol. The van der Waals surface area contributed by atoms with Gasteiger partial charge >= 0.3 is 0 Å². The van der Waals surface area contributed by atoms with Crippen LogP contribution in [-0.2, 0) is 16.0 Å². The second-order valence-corrected chi connectivity index (χ2v) is 7.66. The highest BCUT2D eigenvalue weighted by Gasteiger charge is 2.49. The van der Waals surface area contributed by atoms with E-state index in [9.17, 15) is 13.6 Å². The number of carbonyl (C=O) groups is 1. The third kappa shape index (κ3) is 3.52. The van der Waals surface area contributed by atoms with Crippen LogP contribution in [0.1, 0.15) is 18.9 Å². The third-order valence-electron chi connectivity index (χ3n) is 5.48. The van der Waals surface area contributed by atoms with Crippen LogP contribution in [0.25, 0.3) is 11.1 Å². The molecule has 2 aliphatic heterocycles. The third-order valence-corrected chi connectivity index (χ3v) is 5.48. The summed E-state index contributed by atoms with van der Waals surface area (Å²) >= 11 is 0. The van der Waals surface area contributed by atoms with E-state index in [2.05, 4.69) is 10.6 Å². The fourth-order valence-corrected chi connectivity index (χ4v) is 4.37. The SMILES string of the molecule is C[C@@H]1CC2(COCC(=O)N2)C(Cc2cccc(-c3cc(F)cc(F)c3)c2F)N1. The van der Waals surface area contributed by atoms with Gasteiger partial charge in [0.25, 0.3) is 0 Å². The standard InChI is InChI=1S/C21H21F3N2O2/c1-12-9-21(11-28-10-19(27)26-21)18(25-12)7-13-3-2-4-17(20(13)24)14-5-15(22)8-16(23)6-14/h2-6,8,12,18,25H,7,9-11H2,1H3,(H,26,27)/t12-,18?,21?/m1/s1. The summed E-state index contributed by atoms with van der Waals surface area (Å²) in [7, 11) is 0. The summed E-state index contributed by atoms with van der Waals surface area (Å²) in [6, 6.07) is 7.70. The number of ether oxygens (including phenoxy) is 1. The van der Waals surface area contributed by atoms with Crippen LogP contribution in [0.15, 0.2) is 36.4 Å². The van der Waals surface area contributed by atoms with Crippen LogP contribution < -0.4 is 10.6 Å². The maximum atomic E-state index is 15.2. The van der Waals surface area contributed by atoms with E-state index < -0.39 is 23.0 Å². The maximum Gasteiger partial charge on any atom is 0.246 e. The first-order valence-electron chi connectivity index (χ1n) is 9.25. The van der Waals surface area contributed by atoms with Gasteiger partial charge in [-0.15, -0.1) is 0 Å². The van der Waals surface area contributed by atoms with Gasteiger partial charge in [-0.3, -0.25) is 4.79 Å². The maximum absolute atomic E-state index is 15.2. The molecule has 0 aliphatic carbocycles. The minimum atomic E-state index is -0.757. The van der Waals surface area contributed by atoms with Gasteiger partial charge in [0, 0.05) is 23.7 Å². The first-order chi connectivity index (χ1) is 13.4. The van der Waals surface area contributed by atoms with Crippen molar-refractivity contribution in [1.29, 1.82) is 0 Å². The predicted molar refractivity (Wildman–Crippen MR) is 98.2 cm³/mol. The van der Waals surface area contributed by atoms with Gasteiger partial charge < -0.3 is 15.4 Å². The van der Waals surface area contributed by atoms with Crippen LogP contribution in [0.2, 0.25) is 0 Å². The van der Waals surface area contributed by atoms with Gasteiger partial charge in [0.1, 0.15) is 24.1 Å². The molecule has 2 aromatic carbocycles. The number of morpholine rings is 1. The summed E-state index contributed by atoms with van der Waals surface area (Å²) in [5, 5.41) is 6.43. The minimum absolute atomic E-state index is 0.0256. The van der Waals surface area contributed by atoms with Crippen molar-refractivity contribution in [3.8, 4) is 11.1 Å². The van der Waals surface area contributed by atoms with Crippen molar-refractivity contribution in [1.82, 2.24) is 10.6 Å². The van der Waals surface area contributed by atoms with Gasteiger partial charge in [0.05, 0.1) is 12.1 Å². The van der Waals surface area contributed by atoms with E-state index in [1.165, 1.54) is 6.07 Å². The number of nitrogens with one attached hydrogen (secondary N) is 2. The molecule has 1 spiro atoms. The molecular formula is C21H21F3N2O2. The molecule has 28 heavy (non-hydrogen) atoms. The Morgan fingerprint density at radius 3 is 2.64 bits per heavy atom. The quantitative estimate of drug-likeness (QED) is 0.847. The largest absolute Gasteiger partial charge is 0.369 e. The minimum Gasteiger partial charge on any atom is -0.369 e. The lowest BCUT2D eigenvalue weighted by Gasteiger charge is -2.39. The molecule has 7 heteroatoms. The van der Waals surface area contributed by atoms with Crippen molar-refractivity contribution in [2.24, 2.45) is 0 Å². The summed E-state index contributed by atoms with van der Waals surface area (Å²) in [4.78, 5) is 11.9. The van der Waals surface area contributed by atoms with Crippen LogP contribution in [0.3, 0.4) is 0 Å². The second kappa shape index (κ2) is 7.22. The van der Waals surface area contributed by atoms with Crippen LogP contribution in [0.5, 0.6) is 0 Å². The van der Waals surface area contributed by atoms with Crippen molar-refractivity contribution >= 4 is 5.91 Å². The average molecular weight is 390 g/mol. The lowest BCUT2D eigenvalue weighted by molar-refractivity contribution is -0.135. The lowest BCUT2D eigenvalue weighted by Crippen LogP contribution is -2.63. The smallest absolute Gasteiger partial charge is 0.246 e. The van der Waals surface area contributed by atoms with Crippen LogP contribution >= 0.6 is 0 Å². The van der Waals surface area contributed by atoms with Gasteiger partial charge in [-0.05, 0) is 43.0 Å². The van der Waals surface area contributed by atoms with Gasteiger partial charge in [0.2, 0.25) is 5.91 Å². The molecule has 2 heterocycles.